The van der Waals surface area contributed by atoms with E-state index >= 15 is 0 Å². The van der Waals surface area contributed by atoms with Crippen molar-refractivity contribution in [2.24, 2.45) is 4.99 Å². The predicted molar refractivity (Wildman–Crippen MR) is 63.9 cm³/mol. The first-order valence-electron chi connectivity index (χ1n) is 4.98. The number of hydrogen-bond donors (Lipinski definition) is 0. The Balaban J connectivity index is 2.12. The molecule has 1 aliphatic rings. The normalized spacial score (nSPS) is 18.8. The molecule has 0 aliphatic carbocycles. The number of carbonyl (C=O) groups is 1. The van der Waals surface area contributed by atoms with E-state index < -0.39 is 11.9 Å². The van der Waals surface area contributed by atoms with Crippen molar-refractivity contribution < 1.29 is 13.9 Å². The van der Waals surface area contributed by atoms with E-state index in [1.54, 1.807) is 12.1 Å². The maximum absolute atomic E-state index is 13.0. The standard InChI is InChI=1S/C11H9FN2O2S/c12-8-2-1-3-9(4-8)14-6-10(5-13-7-17)16-11(14)15/h1-4,10H,5-6H2/t10-/m0/s1. The van der Waals surface area contributed by atoms with Gasteiger partial charge in [0.05, 0.1) is 23.9 Å². The summed E-state index contributed by atoms with van der Waals surface area (Å²) in [5, 5.41) is 2.21. The number of hydrogen-bond acceptors (Lipinski definition) is 4. The van der Waals surface area contributed by atoms with Gasteiger partial charge >= 0.3 is 6.09 Å². The third kappa shape index (κ3) is 2.67. The van der Waals surface area contributed by atoms with Crippen LogP contribution in [0.3, 0.4) is 0 Å². The molecule has 1 aromatic rings. The molecule has 1 aliphatic heterocycles. The molecule has 1 saturated heterocycles. The third-order valence-electron chi connectivity index (χ3n) is 2.35. The molecule has 0 aromatic heterocycles. The lowest BCUT2D eigenvalue weighted by Crippen LogP contribution is -2.25. The second-order valence-corrected chi connectivity index (χ2v) is 3.71. The topological polar surface area (TPSA) is 41.9 Å². The molecule has 4 nitrogen and oxygen atoms in total. The van der Waals surface area contributed by atoms with Crippen molar-refractivity contribution in [2.75, 3.05) is 18.0 Å². The predicted octanol–water partition coefficient (Wildman–Crippen LogP) is 2.25. The number of benzene rings is 1. The fraction of sp³-hybridized carbons (Fsp3) is 0.273. The average molecular weight is 252 g/mol. The van der Waals surface area contributed by atoms with E-state index in [4.69, 9.17) is 4.74 Å². The van der Waals surface area contributed by atoms with Crippen LogP contribution in [0.4, 0.5) is 14.9 Å². The number of amides is 1. The molecule has 0 saturated carbocycles. The molecular formula is C11H9FN2O2S. The highest BCUT2D eigenvalue weighted by molar-refractivity contribution is 7.78. The summed E-state index contributed by atoms with van der Waals surface area (Å²) < 4.78 is 18.1. The fourth-order valence-corrected chi connectivity index (χ4v) is 1.69. The molecule has 17 heavy (non-hydrogen) atoms. The lowest BCUT2D eigenvalue weighted by Gasteiger charge is -2.12. The van der Waals surface area contributed by atoms with E-state index in [9.17, 15) is 9.18 Å². The molecule has 0 unspecified atom stereocenters. The monoisotopic (exact) mass is 252 g/mol. The zero-order valence-electron chi connectivity index (χ0n) is 8.80. The van der Waals surface area contributed by atoms with Gasteiger partial charge in [0.25, 0.3) is 0 Å². The minimum atomic E-state index is -0.500. The molecule has 6 heteroatoms. The number of anilines is 1. The summed E-state index contributed by atoms with van der Waals surface area (Å²) >= 11 is 4.44. The smallest absolute Gasteiger partial charge is 0.414 e. The number of cyclic esters (lactones) is 1. The summed E-state index contributed by atoms with van der Waals surface area (Å²) in [5.41, 5.74) is 0.476. The molecule has 1 fully saturated rings. The van der Waals surface area contributed by atoms with Gasteiger partial charge in [-0.3, -0.25) is 4.90 Å². The van der Waals surface area contributed by atoms with Crippen molar-refractivity contribution in [3.8, 4) is 0 Å². The van der Waals surface area contributed by atoms with Crippen LogP contribution in [0, 0.1) is 5.82 Å². The van der Waals surface area contributed by atoms with E-state index in [0.717, 1.165) is 0 Å². The summed E-state index contributed by atoms with van der Waals surface area (Å²) in [7, 11) is 0. The van der Waals surface area contributed by atoms with Gasteiger partial charge in [-0.1, -0.05) is 6.07 Å². The Labute approximate surface area is 103 Å². The van der Waals surface area contributed by atoms with E-state index in [2.05, 4.69) is 22.4 Å². The Hall–Kier alpha value is -1.78. The molecule has 0 bridgehead atoms. The Morgan fingerprint density at radius 1 is 1.65 bits per heavy atom. The number of carbonyl (C=O) groups excluding carboxylic acids is 1. The first-order valence-corrected chi connectivity index (χ1v) is 5.39. The van der Waals surface area contributed by atoms with Gasteiger partial charge in [0.15, 0.2) is 0 Å². The molecule has 1 heterocycles. The molecule has 0 spiro atoms. The molecule has 2 rings (SSSR count). The van der Waals surface area contributed by atoms with Crippen LogP contribution < -0.4 is 4.90 Å². The van der Waals surface area contributed by atoms with Crippen molar-refractivity contribution in [1.29, 1.82) is 0 Å². The largest absolute Gasteiger partial charge is 0.442 e. The Morgan fingerprint density at radius 2 is 2.47 bits per heavy atom. The molecule has 1 atom stereocenters. The van der Waals surface area contributed by atoms with E-state index in [0.29, 0.717) is 12.2 Å². The number of thiocarbonyl (C=S) groups is 1. The first kappa shape index (κ1) is 11.7. The number of aliphatic imine (C=N–C) groups is 1. The van der Waals surface area contributed by atoms with Crippen molar-refractivity contribution >= 4 is 29.2 Å². The molecule has 88 valence electrons. The van der Waals surface area contributed by atoms with Crippen molar-refractivity contribution in [2.45, 2.75) is 6.10 Å². The maximum atomic E-state index is 13.0. The lowest BCUT2D eigenvalue weighted by molar-refractivity contribution is 0.145. The van der Waals surface area contributed by atoms with Gasteiger partial charge in [-0.2, -0.15) is 0 Å². The van der Waals surface area contributed by atoms with E-state index in [-0.39, 0.29) is 12.6 Å². The Kier molecular flexibility index (Phi) is 3.46. The SMILES string of the molecule is O=C1O[C@@H](CN=C=S)CN1c1cccc(F)c1. The summed E-state index contributed by atoms with van der Waals surface area (Å²) in [6.45, 7) is 0.615. The second-order valence-electron chi connectivity index (χ2n) is 3.53. The summed E-state index contributed by atoms with van der Waals surface area (Å²) in [4.78, 5) is 16.6. The van der Waals surface area contributed by atoms with Crippen LogP contribution in [-0.4, -0.2) is 30.4 Å². The van der Waals surface area contributed by atoms with Crippen LogP contribution in [0.1, 0.15) is 0 Å². The molecule has 0 N–H and O–H groups in total. The van der Waals surface area contributed by atoms with Crippen LogP contribution in [-0.2, 0) is 4.74 Å². The fourth-order valence-electron chi connectivity index (χ4n) is 1.61. The summed E-state index contributed by atoms with van der Waals surface area (Å²) in [6.07, 6.45) is -0.860. The van der Waals surface area contributed by atoms with Crippen LogP contribution in [0.25, 0.3) is 0 Å². The van der Waals surface area contributed by atoms with E-state index in [1.807, 2.05) is 0 Å². The van der Waals surface area contributed by atoms with Crippen molar-refractivity contribution in [1.82, 2.24) is 0 Å². The molecule has 0 radical (unpaired) electrons. The Bertz CT molecular complexity index is 488. The number of isothiocyanates is 1. The highest BCUT2D eigenvalue weighted by atomic mass is 32.1. The van der Waals surface area contributed by atoms with Crippen molar-refractivity contribution in [3.63, 3.8) is 0 Å². The van der Waals surface area contributed by atoms with Crippen molar-refractivity contribution in [3.05, 3.63) is 30.1 Å². The number of ether oxygens (including phenoxy) is 1. The highest BCUT2D eigenvalue weighted by Crippen LogP contribution is 2.22. The summed E-state index contributed by atoms with van der Waals surface area (Å²) in [6, 6.07) is 5.79. The zero-order chi connectivity index (χ0) is 12.3. The van der Waals surface area contributed by atoms with Crippen LogP contribution in [0.5, 0.6) is 0 Å². The van der Waals surface area contributed by atoms with Gasteiger partial charge < -0.3 is 4.74 Å². The minimum absolute atomic E-state index is 0.279. The van der Waals surface area contributed by atoms with Crippen LogP contribution in [0.2, 0.25) is 0 Å². The lowest BCUT2D eigenvalue weighted by atomic mass is 10.2. The summed E-state index contributed by atoms with van der Waals surface area (Å²) in [5.74, 6) is -0.393. The zero-order valence-corrected chi connectivity index (χ0v) is 9.61. The third-order valence-corrected chi connectivity index (χ3v) is 2.48. The van der Waals surface area contributed by atoms with E-state index in [1.165, 1.54) is 17.0 Å². The average Bonchev–Trinajstić information content (AvgIpc) is 2.68. The highest BCUT2D eigenvalue weighted by Gasteiger charge is 2.32. The number of halogens is 1. The number of rotatable bonds is 3. The minimum Gasteiger partial charge on any atom is -0.442 e. The van der Waals surface area contributed by atoms with Crippen LogP contribution >= 0.6 is 12.2 Å². The van der Waals surface area contributed by atoms with Gasteiger partial charge in [0.1, 0.15) is 11.9 Å². The van der Waals surface area contributed by atoms with Crippen LogP contribution in [0.15, 0.2) is 29.3 Å². The molecule has 1 amide bonds. The molecular weight excluding hydrogens is 243 g/mol. The van der Waals surface area contributed by atoms with Gasteiger partial charge in [-0.25, -0.2) is 14.2 Å². The second kappa shape index (κ2) is 5.03. The quantitative estimate of drug-likeness (QED) is 0.612. The molecule has 1 aromatic carbocycles. The van der Waals surface area contributed by atoms with Gasteiger partial charge in [-0.15, -0.1) is 0 Å². The maximum Gasteiger partial charge on any atom is 0.414 e. The van der Waals surface area contributed by atoms with Gasteiger partial charge in [0, 0.05) is 0 Å². The van der Waals surface area contributed by atoms with Gasteiger partial charge in [0.2, 0.25) is 0 Å². The Morgan fingerprint density at radius 3 is 3.18 bits per heavy atom. The van der Waals surface area contributed by atoms with Gasteiger partial charge in [-0.05, 0) is 30.4 Å². The number of nitrogens with zero attached hydrogens (tertiary/aromatic N) is 2. The first-order chi connectivity index (χ1) is 8.20.